The summed E-state index contributed by atoms with van der Waals surface area (Å²) < 4.78 is 5.16. The van der Waals surface area contributed by atoms with Crippen LogP contribution in [0.15, 0.2) is 0 Å². The van der Waals surface area contributed by atoms with E-state index >= 15 is 0 Å². The van der Waals surface area contributed by atoms with Gasteiger partial charge in [0.25, 0.3) is 0 Å². The Labute approximate surface area is 74.7 Å². The lowest BCUT2D eigenvalue weighted by Crippen LogP contribution is -2.34. The highest BCUT2D eigenvalue weighted by molar-refractivity contribution is 4.90. The molecule has 0 saturated carbocycles. The van der Waals surface area contributed by atoms with Gasteiger partial charge in [0, 0.05) is 19.3 Å². The van der Waals surface area contributed by atoms with E-state index in [1.54, 1.807) is 0 Å². The summed E-state index contributed by atoms with van der Waals surface area (Å²) in [6.45, 7) is 7.40. The highest BCUT2D eigenvalue weighted by Gasteiger charge is 2.07. The zero-order chi connectivity index (χ0) is 9.40. The van der Waals surface area contributed by atoms with E-state index in [0.717, 1.165) is 13.0 Å². The zero-order valence-corrected chi connectivity index (χ0v) is 8.13. The third-order valence-corrected chi connectivity index (χ3v) is 1.45. The van der Waals surface area contributed by atoms with Crippen molar-refractivity contribution in [1.82, 2.24) is 5.32 Å². The fraction of sp³-hybridized carbons (Fsp3) is 0.889. The number of hydrogen-bond donors (Lipinski definition) is 1. The van der Waals surface area contributed by atoms with Crippen LogP contribution in [0.25, 0.3) is 0 Å². The van der Waals surface area contributed by atoms with Crippen LogP contribution < -0.4 is 5.32 Å². The van der Waals surface area contributed by atoms with Crippen LogP contribution in [0.2, 0.25) is 0 Å². The molecular weight excluding hydrogens is 152 g/mol. The van der Waals surface area contributed by atoms with Crippen molar-refractivity contribution in [3.63, 3.8) is 0 Å². The maximum Gasteiger partial charge on any atom is 0.0976 e. The summed E-state index contributed by atoms with van der Waals surface area (Å²) in [6, 6.07) is 2.49. The van der Waals surface area contributed by atoms with E-state index in [9.17, 15) is 0 Å². The van der Waals surface area contributed by atoms with Crippen molar-refractivity contribution in [2.45, 2.75) is 39.3 Å². The Morgan fingerprint density at radius 3 is 2.58 bits per heavy atom. The zero-order valence-electron chi connectivity index (χ0n) is 8.13. The van der Waals surface area contributed by atoms with Gasteiger partial charge in [0.05, 0.1) is 12.1 Å². The smallest absolute Gasteiger partial charge is 0.0976 e. The first-order valence-electron chi connectivity index (χ1n) is 4.44. The SMILES string of the molecule is CCOCCC(C#N)NC(C)C. The molecule has 0 aliphatic carbocycles. The second kappa shape index (κ2) is 7.08. The van der Waals surface area contributed by atoms with E-state index < -0.39 is 0 Å². The number of rotatable bonds is 6. The van der Waals surface area contributed by atoms with Gasteiger partial charge in [0.1, 0.15) is 0 Å². The summed E-state index contributed by atoms with van der Waals surface area (Å²) in [5, 5.41) is 11.9. The van der Waals surface area contributed by atoms with Crippen LogP contribution in [0.1, 0.15) is 27.2 Å². The van der Waals surface area contributed by atoms with Crippen molar-refractivity contribution in [3.8, 4) is 6.07 Å². The number of nitriles is 1. The first kappa shape index (κ1) is 11.4. The summed E-state index contributed by atoms with van der Waals surface area (Å²) in [4.78, 5) is 0. The predicted molar refractivity (Wildman–Crippen MR) is 48.8 cm³/mol. The van der Waals surface area contributed by atoms with E-state index in [0.29, 0.717) is 12.6 Å². The van der Waals surface area contributed by atoms with Gasteiger partial charge in [-0.1, -0.05) is 0 Å². The van der Waals surface area contributed by atoms with Crippen molar-refractivity contribution >= 4 is 0 Å². The van der Waals surface area contributed by atoms with Crippen molar-refractivity contribution in [3.05, 3.63) is 0 Å². The number of ether oxygens (including phenoxy) is 1. The molecule has 1 N–H and O–H groups in total. The third-order valence-electron chi connectivity index (χ3n) is 1.45. The summed E-state index contributed by atoms with van der Waals surface area (Å²) in [7, 11) is 0. The van der Waals surface area contributed by atoms with Crippen molar-refractivity contribution in [1.29, 1.82) is 5.26 Å². The molecule has 0 aliphatic heterocycles. The quantitative estimate of drug-likeness (QED) is 0.611. The Morgan fingerprint density at radius 1 is 1.50 bits per heavy atom. The molecule has 0 rings (SSSR count). The maximum atomic E-state index is 8.71. The number of hydrogen-bond acceptors (Lipinski definition) is 3. The lowest BCUT2D eigenvalue weighted by atomic mass is 10.2. The normalized spacial score (nSPS) is 12.9. The molecule has 0 bridgehead atoms. The molecule has 70 valence electrons. The van der Waals surface area contributed by atoms with Gasteiger partial charge in [0.2, 0.25) is 0 Å². The molecule has 0 aromatic carbocycles. The molecule has 0 radical (unpaired) electrons. The molecule has 0 heterocycles. The molecule has 0 aromatic rings. The number of nitrogens with one attached hydrogen (secondary N) is 1. The van der Waals surface area contributed by atoms with Gasteiger partial charge in [-0.15, -0.1) is 0 Å². The molecule has 0 amide bonds. The fourth-order valence-electron chi connectivity index (χ4n) is 0.933. The van der Waals surface area contributed by atoms with Crippen LogP contribution in [0.5, 0.6) is 0 Å². The summed E-state index contributed by atoms with van der Waals surface area (Å²) in [5.74, 6) is 0. The molecule has 0 saturated heterocycles. The maximum absolute atomic E-state index is 8.71. The van der Waals surface area contributed by atoms with E-state index in [-0.39, 0.29) is 6.04 Å². The minimum Gasteiger partial charge on any atom is -0.382 e. The van der Waals surface area contributed by atoms with Crippen LogP contribution in [0.3, 0.4) is 0 Å². The first-order chi connectivity index (χ1) is 5.70. The molecule has 1 unspecified atom stereocenters. The third kappa shape index (κ3) is 6.14. The Morgan fingerprint density at radius 2 is 2.17 bits per heavy atom. The standard InChI is InChI=1S/C9H18N2O/c1-4-12-6-5-9(7-10)11-8(2)3/h8-9,11H,4-6H2,1-3H3. The molecule has 3 nitrogen and oxygen atoms in total. The van der Waals surface area contributed by atoms with Gasteiger partial charge in [0.15, 0.2) is 0 Å². The Kier molecular flexibility index (Phi) is 6.73. The van der Waals surface area contributed by atoms with Crippen LogP contribution in [0.4, 0.5) is 0 Å². The van der Waals surface area contributed by atoms with Crippen LogP contribution in [0, 0.1) is 11.3 Å². The Hall–Kier alpha value is -0.590. The van der Waals surface area contributed by atoms with E-state index in [4.69, 9.17) is 10.00 Å². The lowest BCUT2D eigenvalue weighted by molar-refractivity contribution is 0.140. The summed E-state index contributed by atoms with van der Waals surface area (Å²) >= 11 is 0. The van der Waals surface area contributed by atoms with Crippen molar-refractivity contribution in [2.75, 3.05) is 13.2 Å². The van der Waals surface area contributed by atoms with E-state index in [1.807, 2.05) is 20.8 Å². The molecule has 0 aromatic heterocycles. The minimum atomic E-state index is -0.0726. The highest BCUT2D eigenvalue weighted by atomic mass is 16.5. The molecule has 12 heavy (non-hydrogen) atoms. The van der Waals surface area contributed by atoms with Crippen LogP contribution >= 0.6 is 0 Å². The molecule has 0 fully saturated rings. The van der Waals surface area contributed by atoms with Crippen LogP contribution in [-0.2, 0) is 4.74 Å². The summed E-state index contributed by atoms with van der Waals surface area (Å²) in [5.41, 5.74) is 0. The molecule has 1 atom stereocenters. The molecule has 0 spiro atoms. The van der Waals surface area contributed by atoms with Crippen molar-refractivity contribution < 1.29 is 4.74 Å². The van der Waals surface area contributed by atoms with Gasteiger partial charge < -0.3 is 4.74 Å². The Bertz CT molecular complexity index is 140. The van der Waals surface area contributed by atoms with Crippen molar-refractivity contribution in [2.24, 2.45) is 0 Å². The van der Waals surface area contributed by atoms with Crippen LogP contribution in [-0.4, -0.2) is 25.3 Å². The van der Waals surface area contributed by atoms with Gasteiger partial charge in [-0.05, 0) is 27.2 Å². The second-order valence-corrected chi connectivity index (χ2v) is 2.99. The second-order valence-electron chi connectivity index (χ2n) is 2.99. The monoisotopic (exact) mass is 170 g/mol. The molecule has 3 heteroatoms. The first-order valence-corrected chi connectivity index (χ1v) is 4.44. The largest absolute Gasteiger partial charge is 0.382 e. The summed E-state index contributed by atoms with van der Waals surface area (Å²) in [6.07, 6.45) is 0.766. The molecule has 0 aliphatic rings. The minimum absolute atomic E-state index is 0.0726. The highest BCUT2D eigenvalue weighted by Crippen LogP contribution is 1.93. The average molecular weight is 170 g/mol. The van der Waals surface area contributed by atoms with Gasteiger partial charge >= 0.3 is 0 Å². The van der Waals surface area contributed by atoms with E-state index in [1.165, 1.54) is 0 Å². The fourth-order valence-corrected chi connectivity index (χ4v) is 0.933. The lowest BCUT2D eigenvalue weighted by Gasteiger charge is -2.13. The predicted octanol–water partition coefficient (Wildman–Crippen LogP) is 1.30. The van der Waals surface area contributed by atoms with E-state index in [2.05, 4.69) is 11.4 Å². The molecular formula is C9H18N2O. The topological polar surface area (TPSA) is 45.0 Å². The Balaban J connectivity index is 3.48. The number of nitrogens with zero attached hydrogens (tertiary/aromatic N) is 1. The average Bonchev–Trinajstić information content (AvgIpc) is 2.02. The van der Waals surface area contributed by atoms with Gasteiger partial charge in [-0.25, -0.2) is 0 Å². The van der Waals surface area contributed by atoms with Gasteiger partial charge in [-0.2, -0.15) is 5.26 Å². The van der Waals surface area contributed by atoms with Gasteiger partial charge in [-0.3, -0.25) is 5.32 Å².